The van der Waals surface area contributed by atoms with E-state index in [1.165, 1.54) is 11.3 Å². The summed E-state index contributed by atoms with van der Waals surface area (Å²) in [7, 11) is 0. The SMILES string of the molecule is C=CCNC(=O)c1sc(N2CCCC2)c(C(N)=O)c1N. The van der Waals surface area contributed by atoms with Gasteiger partial charge in [-0.3, -0.25) is 9.59 Å². The molecule has 7 heteroatoms. The van der Waals surface area contributed by atoms with E-state index >= 15 is 0 Å². The number of hydrogen-bond donors (Lipinski definition) is 3. The van der Waals surface area contributed by atoms with Crippen molar-refractivity contribution in [3.05, 3.63) is 23.1 Å². The standard InChI is InChI=1S/C13H18N4O2S/c1-2-5-16-12(19)10-9(14)8(11(15)18)13(20-10)17-6-3-4-7-17/h2H,1,3-7,14H2,(H2,15,18)(H,16,19). The summed E-state index contributed by atoms with van der Waals surface area (Å²) in [6.07, 6.45) is 3.71. The number of amides is 2. The Bertz CT molecular complexity index is 547. The number of nitrogens with zero attached hydrogens (tertiary/aromatic N) is 1. The molecule has 1 aromatic rings. The van der Waals surface area contributed by atoms with Crippen molar-refractivity contribution in [1.29, 1.82) is 0 Å². The second-order valence-electron chi connectivity index (χ2n) is 4.58. The molecule has 0 radical (unpaired) electrons. The third kappa shape index (κ3) is 2.62. The Balaban J connectivity index is 2.38. The quantitative estimate of drug-likeness (QED) is 0.703. The van der Waals surface area contributed by atoms with E-state index in [0.29, 0.717) is 16.4 Å². The van der Waals surface area contributed by atoms with Crippen LogP contribution in [0.3, 0.4) is 0 Å². The molecule has 1 fully saturated rings. The van der Waals surface area contributed by atoms with Gasteiger partial charge in [0.1, 0.15) is 9.88 Å². The molecule has 0 unspecified atom stereocenters. The smallest absolute Gasteiger partial charge is 0.263 e. The molecule has 2 amide bonds. The highest BCUT2D eigenvalue weighted by atomic mass is 32.1. The molecule has 6 nitrogen and oxygen atoms in total. The minimum atomic E-state index is -0.594. The van der Waals surface area contributed by atoms with Gasteiger partial charge in [-0.1, -0.05) is 6.08 Å². The summed E-state index contributed by atoms with van der Waals surface area (Å²) < 4.78 is 0. The minimum absolute atomic E-state index is 0.172. The van der Waals surface area contributed by atoms with Crippen molar-refractivity contribution in [2.45, 2.75) is 12.8 Å². The highest BCUT2D eigenvalue weighted by molar-refractivity contribution is 7.19. The third-order valence-corrected chi connectivity index (χ3v) is 4.44. The number of hydrogen-bond acceptors (Lipinski definition) is 5. The first-order valence-corrected chi connectivity index (χ1v) is 7.24. The van der Waals surface area contributed by atoms with Crippen LogP contribution < -0.4 is 21.7 Å². The van der Waals surface area contributed by atoms with E-state index < -0.39 is 5.91 Å². The zero-order valence-electron chi connectivity index (χ0n) is 11.1. The van der Waals surface area contributed by atoms with E-state index in [1.807, 2.05) is 0 Å². The fourth-order valence-corrected chi connectivity index (χ4v) is 3.42. The molecular weight excluding hydrogens is 276 g/mol. The van der Waals surface area contributed by atoms with Crippen molar-refractivity contribution < 1.29 is 9.59 Å². The fraction of sp³-hybridized carbons (Fsp3) is 0.385. The molecule has 20 heavy (non-hydrogen) atoms. The number of rotatable bonds is 5. The number of anilines is 2. The molecule has 0 spiro atoms. The number of carbonyl (C=O) groups is 2. The molecule has 1 aromatic heterocycles. The Morgan fingerprint density at radius 3 is 2.60 bits per heavy atom. The molecular formula is C13H18N4O2S. The molecule has 0 aromatic carbocycles. The minimum Gasteiger partial charge on any atom is -0.397 e. The normalized spacial score (nSPS) is 14.3. The maximum Gasteiger partial charge on any atom is 0.263 e. The van der Waals surface area contributed by atoms with Crippen LogP contribution in [0, 0.1) is 0 Å². The monoisotopic (exact) mass is 294 g/mol. The van der Waals surface area contributed by atoms with Gasteiger partial charge in [0.05, 0.1) is 11.3 Å². The highest BCUT2D eigenvalue weighted by Gasteiger charge is 2.28. The molecule has 1 saturated heterocycles. The van der Waals surface area contributed by atoms with E-state index in [4.69, 9.17) is 11.5 Å². The van der Waals surface area contributed by atoms with Crippen LogP contribution in [0.15, 0.2) is 12.7 Å². The van der Waals surface area contributed by atoms with Gasteiger partial charge in [-0.2, -0.15) is 0 Å². The van der Waals surface area contributed by atoms with E-state index in [1.54, 1.807) is 6.08 Å². The van der Waals surface area contributed by atoms with E-state index in [-0.39, 0.29) is 17.2 Å². The Morgan fingerprint density at radius 1 is 1.40 bits per heavy atom. The molecule has 0 atom stereocenters. The van der Waals surface area contributed by atoms with E-state index in [0.717, 1.165) is 25.9 Å². The molecule has 5 N–H and O–H groups in total. The predicted octanol–water partition coefficient (Wildman–Crippen LogP) is 0.945. The van der Waals surface area contributed by atoms with Gasteiger partial charge in [-0.25, -0.2) is 0 Å². The van der Waals surface area contributed by atoms with Crippen LogP contribution >= 0.6 is 11.3 Å². The maximum atomic E-state index is 12.0. The Kier molecular flexibility index (Phi) is 4.29. The van der Waals surface area contributed by atoms with Gasteiger partial charge >= 0.3 is 0 Å². The molecule has 2 heterocycles. The summed E-state index contributed by atoms with van der Waals surface area (Å²) in [6.45, 7) is 5.60. The number of nitrogen functional groups attached to an aromatic ring is 1. The van der Waals surface area contributed by atoms with Crippen molar-refractivity contribution in [2.75, 3.05) is 30.3 Å². The maximum absolute atomic E-state index is 12.0. The molecule has 0 saturated carbocycles. The average molecular weight is 294 g/mol. The fourth-order valence-electron chi connectivity index (χ4n) is 2.23. The van der Waals surface area contributed by atoms with Gasteiger partial charge in [-0.15, -0.1) is 17.9 Å². The van der Waals surface area contributed by atoms with Crippen LogP contribution in [-0.2, 0) is 0 Å². The van der Waals surface area contributed by atoms with Crippen LogP contribution in [0.4, 0.5) is 10.7 Å². The number of thiophene rings is 1. The van der Waals surface area contributed by atoms with Crippen LogP contribution in [0.5, 0.6) is 0 Å². The summed E-state index contributed by atoms with van der Waals surface area (Å²) in [5.74, 6) is -0.899. The van der Waals surface area contributed by atoms with Crippen molar-refractivity contribution >= 4 is 33.8 Å². The van der Waals surface area contributed by atoms with Crippen LogP contribution in [-0.4, -0.2) is 31.4 Å². The van der Waals surface area contributed by atoms with Crippen LogP contribution in [0.25, 0.3) is 0 Å². The first-order valence-electron chi connectivity index (χ1n) is 6.42. The highest BCUT2D eigenvalue weighted by Crippen LogP contribution is 2.39. The Hall–Kier alpha value is -2.02. The second-order valence-corrected chi connectivity index (χ2v) is 5.58. The van der Waals surface area contributed by atoms with Crippen LogP contribution in [0.2, 0.25) is 0 Å². The van der Waals surface area contributed by atoms with Crippen LogP contribution in [0.1, 0.15) is 32.9 Å². The van der Waals surface area contributed by atoms with Crippen molar-refractivity contribution in [3.8, 4) is 0 Å². The van der Waals surface area contributed by atoms with Gasteiger partial charge < -0.3 is 21.7 Å². The number of carbonyl (C=O) groups excluding carboxylic acids is 2. The van der Waals surface area contributed by atoms with E-state index in [2.05, 4.69) is 16.8 Å². The molecule has 0 aliphatic carbocycles. The van der Waals surface area contributed by atoms with Crippen molar-refractivity contribution in [2.24, 2.45) is 5.73 Å². The van der Waals surface area contributed by atoms with Gasteiger partial charge in [0.2, 0.25) is 0 Å². The molecule has 108 valence electrons. The first-order chi connectivity index (χ1) is 9.56. The molecule has 1 aliphatic heterocycles. The number of primary amides is 1. The third-order valence-electron chi connectivity index (χ3n) is 3.18. The van der Waals surface area contributed by atoms with Gasteiger partial charge in [0.15, 0.2) is 0 Å². The largest absolute Gasteiger partial charge is 0.397 e. The van der Waals surface area contributed by atoms with Crippen molar-refractivity contribution in [3.63, 3.8) is 0 Å². The summed E-state index contributed by atoms with van der Waals surface area (Å²) >= 11 is 1.22. The second kappa shape index (κ2) is 5.96. The molecule has 2 rings (SSSR count). The lowest BCUT2D eigenvalue weighted by atomic mass is 10.2. The van der Waals surface area contributed by atoms with Gasteiger partial charge in [0.25, 0.3) is 11.8 Å². The summed E-state index contributed by atoms with van der Waals surface area (Å²) in [6, 6.07) is 0. The number of nitrogens with one attached hydrogen (secondary N) is 1. The predicted molar refractivity (Wildman–Crippen MR) is 81.2 cm³/mol. The summed E-state index contributed by atoms with van der Waals surface area (Å²) in [5.41, 5.74) is 11.8. The lowest BCUT2D eigenvalue weighted by Gasteiger charge is -2.16. The van der Waals surface area contributed by atoms with Gasteiger partial charge in [-0.05, 0) is 12.8 Å². The number of nitrogens with two attached hydrogens (primary N) is 2. The average Bonchev–Trinajstić information content (AvgIpc) is 3.02. The van der Waals surface area contributed by atoms with E-state index in [9.17, 15) is 9.59 Å². The van der Waals surface area contributed by atoms with Crippen molar-refractivity contribution in [1.82, 2.24) is 5.32 Å². The van der Waals surface area contributed by atoms with Gasteiger partial charge in [0, 0.05) is 19.6 Å². The summed E-state index contributed by atoms with van der Waals surface area (Å²) in [4.78, 5) is 26.0. The zero-order valence-corrected chi connectivity index (χ0v) is 12.0. The lowest BCUT2D eigenvalue weighted by molar-refractivity contribution is 0.0962. The topological polar surface area (TPSA) is 101 Å². The first kappa shape index (κ1) is 14.4. The summed E-state index contributed by atoms with van der Waals surface area (Å²) in [5, 5.41) is 3.37. The molecule has 1 aliphatic rings. The Morgan fingerprint density at radius 2 is 2.05 bits per heavy atom. The lowest BCUT2D eigenvalue weighted by Crippen LogP contribution is -2.23. The Labute approximate surface area is 121 Å². The zero-order chi connectivity index (χ0) is 14.7. The molecule has 0 bridgehead atoms.